The predicted octanol–water partition coefficient (Wildman–Crippen LogP) is 1.62. The molecule has 2 aliphatic rings. The molecular weight excluding hydrogens is 301 g/mol. The fourth-order valence-corrected chi connectivity index (χ4v) is 3.21. The predicted molar refractivity (Wildman–Crippen MR) is 72.0 cm³/mol. The van der Waals surface area contributed by atoms with E-state index >= 15 is 0 Å². The lowest BCUT2D eigenvalue weighted by molar-refractivity contribution is -0.157. The SMILES string of the molecule is CCOC1(C(=O)N[C@@H]2CC(=O)N(CC(F)(F)F)C2)CCCC1. The van der Waals surface area contributed by atoms with Gasteiger partial charge in [0.1, 0.15) is 12.1 Å². The Morgan fingerprint density at radius 3 is 2.59 bits per heavy atom. The van der Waals surface area contributed by atoms with Crippen molar-refractivity contribution in [2.75, 3.05) is 19.7 Å². The molecule has 0 bridgehead atoms. The molecule has 1 aliphatic heterocycles. The number of carbonyl (C=O) groups is 2. The van der Waals surface area contributed by atoms with Gasteiger partial charge in [0.2, 0.25) is 5.91 Å². The third-order valence-electron chi connectivity index (χ3n) is 4.17. The van der Waals surface area contributed by atoms with Crippen LogP contribution in [0.5, 0.6) is 0 Å². The summed E-state index contributed by atoms with van der Waals surface area (Å²) < 4.78 is 42.7. The molecule has 1 aliphatic carbocycles. The maximum absolute atomic E-state index is 12.4. The van der Waals surface area contributed by atoms with Gasteiger partial charge in [-0.25, -0.2) is 0 Å². The van der Waals surface area contributed by atoms with E-state index in [1.54, 1.807) is 6.92 Å². The number of nitrogens with zero attached hydrogens (tertiary/aromatic N) is 1. The van der Waals surface area contributed by atoms with E-state index in [4.69, 9.17) is 4.74 Å². The van der Waals surface area contributed by atoms with E-state index in [9.17, 15) is 22.8 Å². The normalized spacial score (nSPS) is 24.8. The van der Waals surface area contributed by atoms with Crippen LogP contribution >= 0.6 is 0 Å². The highest BCUT2D eigenvalue weighted by atomic mass is 19.4. The highest BCUT2D eigenvalue weighted by Gasteiger charge is 2.44. The Morgan fingerprint density at radius 1 is 1.41 bits per heavy atom. The highest BCUT2D eigenvalue weighted by molar-refractivity contribution is 5.87. The minimum atomic E-state index is -4.42. The average molecular weight is 322 g/mol. The van der Waals surface area contributed by atoms with E-state index in [-0.39, 0.29) is 18.9 Å². The fraction of sp³-hybridized carbons (Fsp3) is 0.857. The van der Waals surface area contributed by atoms with Crippen LogP contribution in [0.3, 0.4) is 0 Å². The first-order valence-corrected chi connectivity index (χ1v) is 7.55. The molecule has 0 aromatic rings. The Kier molecular flexibility index (Phi) is 4.99. The van der Waals surface area contributed by atoms with Crippen molar-refractivity contribution in [3.8, 4) is 0 Å². The van der Waals surface area contributed by atoms with Crippen molar-refractivity contribution >= 4 is 11.8 Å². The minimum Gasteiger partial charge on any atom is -0.365 e. The average Bonchev–Trinajstić information content (AvgIpc) is 2.97. The summed E-state index contributed by atoms with van der Waals surface area (Å²) in [6.45, 7) is 0.829. The molecule has 2 amide bonds. The lowest BCUT2D eigenvalue weighted by Crippen LogP contribution is -2.51. The lowest BCUT2D eigenvalue weighted by atomic mass is 10.00. The van der Waals surface area contributed by atoms with E-state index in [1.807, 2.05) is 0 Å². The molecule has 1 saturated carbocycles. The van der Waals surface area contributed by atoms with Crippen molar-refractivity contribution in [2.45, 2.75) is 56.8 Å². The van der Waals surface area contributed by atoms with Crippen LogP contribution in [0.4, 0.5) is 13.2 Å². The number of alkyl halides is 3. The van der Waals surface area contributed by atoms with E-state index in [1.165, 1.54) is 0 Å². The van der Waals surface area contributed by atoms with Crippen molar-refractivity contribution in [2.24, 2.45) is 0 Å². The van der Waals surface area contributed by atoms with Gasteiger partial charge in [-0.15, -0.1) is 0 Å². The molecule has 5 nitrogen and oxygen atoms in total. The number of hydrogen-bond donors (Lipinski definition) is 1. The van der Waals surface area contributed by atoms with Crippen LogP contribution < -0.4 is 5.32 Å². The third kappa shape index (κ3) is 3.91. The summed E-state index contributed by atoms with van der Waals surface area (Å²) in [6.07, 6.45) is -1.52. The molecule has 2 rings (SSSR count). The van der Waals surface area contributed by atoms with Crippen LogP contribution in [0.25, 0.3) is 0 Å². The van der Waals surface area contributed by atoms with E-state index in [0.29, 0.717) is 19.4 Å². The lowest BCUT2D eigenvalue weighted by Gasteiger charge is -2.29. The second kappa shape index (κ2) is 6.44. The van der Waals surface area contributed by atoms with Crippen LogP contribution in [-0.2, 0) is 14.3 Å². The second-order valence-corrected chi connectivity index (χ2v) is 5.90. The topological polar surface area (TPSA) is 58.6 Å². The first-order valence-electron chi connectivity index (χ1n) is 7.55. The molecule has 126 valence electrons. The molecule has 1 heterocycles. The Morgan fingerprint density at radius 2 is 2.05 bits per heavy atom. The summed E-state index contributed by atoms with van der Waals surface area (Å²) in [4.78, 5) is 24.8. The van der Waals surface area contributed by atoms with Gasteiger partial charge in [-0.05, 0) is 32.6 Å². The number of hydrogen-bond acceptors (Lipinski definition) is 3. The first kappa shape index (κ1) is 17.1. The van der Waals surface area contributed by atoms with E-state index < -0.39 is 30.3 Å². The van der Waals surface area contributed by atoms with Crippen molar-refractivity contribution in [3.05, 3.63) is 0 Å². The molecule has 1 atom stereocenters. The van der Waals surface area contributed by atoms with Crippen LogP contribution in [-0.4, -0.2) is 54.2 Å². The summed E-state index contributed by atoms with van der Waals surface area (Å²) >= 11 is 0. The van der Waals surface area contributed by atoms with Crippen molar-refractivity contribution in [3.63, 3.8) is 0 Å². The number of rotatable bonds is 5. The minimum absolute atomic E-state index is 0.0932. The second-order valence-electron chi connectivity index (χ2n) is 5.90. The number of halogens is 3. The monoisotopic (exact) mass is 322 g/mol. The zero-order chi connectivity index (χ0) is 16.4. The summed E-state index contributed by atoms with van der Waals surface area (Å²) in [6, 6.07) is -0.583. The molecule has 0 aromatic carbocycles. The van der Waals surface area contributed by atoms with E-state index in [0.717, 1.165) is 17.7 Å². The molecule has 0 unspecified atom stereocenters. The maximum atomic E-state index is 12.4. The van der Waals surface area contributed by atoms with Gasteiger partial charge in [-0.1, -0.05) is 0 Å². The number of carbonyl (C=O) groups excluding carboxylic acids is 2. The Bertz CT molecular complexity index is 434. The summed E-state index contributed by atoms with van der Waals surface area (Å²) in [5.41, 5.74) is -0.880. The fourth-order valence-electron chi connectivity index (χ4n) is 3.21. The van der Waals surface area contributed by atoms with Crippen LogP contribution in [0.1, 0.15) is 39.0 Å². The van der Waals surface area contributed by atoms with Gasteiger partial charge in [0, 0.05) is 19.6 Å². The van der Waals surface area contributed by atoms with Gasteiger partial charge in [-0.3, -0.25) is 9.59 Å². The largest absolute Gasteiger partial charge is 0.406 e. The molecule has 8 heteroatoms. The quantitative estimate of drug-likeness (QED) is 0.837. The molecule has 22 heavy (non-hydrogen) atoms. The zero-order valence-electron chi connectivity index (χ0n) is 12.5. The van der Waals surface area contributed by atoms with Gasteiger partial charge in [0.15, 0.2) is 0 Å². The third-order valence-corrected chi connectivity index (χ3v) is 4.17. The van der Waals surface area contributed by atoms with Crippen molar-refractivity contribution in [1.29, 1.82) is 0 Å². The number of likely N-dealkylation sites (tertiary alicyclic amines) is 1. The summed E-state index contributed by atoms with van der Waals surface area (Å²) in [5.74, 6) is -0.891. The Hall–Kier alpha value is -1.31. The number of ether oxygens (including phenoxy) is 1. The molecular formula is C14H21F3N2O3. The van der Waals surface area contributed by atoms with Gasteiger partial charge in [0.25, 0.3) is 5.91 Å². The molecule has 0 radical (unpaired) electrons. The maximum Gasteiger partial charge on any atom is 0.406 e. The Balaban J connectivity index is 1.94. The molecule has 1 N–H and O–H groups in total. The summed E-state index contributed by atoms with van der Waals surface area (Å²) in [7, 11) is 0. The van der Waals surface area contributed by atoms with E-state index in [2.05, 4.69) is 5.32 Å². The smallest absolute Gasteiger partial charge is 0.365 e. The molecule has 0 spiro atoms. The molecule has 0 aromatic heterocycles. The van der Waals surface area contributed by atoms with Gasteiger partial charge in [-0.2, -0.15) is 13.2 Å². The highest BCUT2D eigenvalue weighted by Crippen LogP contribution is 2.34. The molecule has 1 saturated heterocycles. The zero-order valence-corrected chi connectivity index (χ0v) is 12.5. The van der Waals surface area contributed by atoms with Gasteiger partial charge >= 0.3 is 6.18 Å². The summed E-state index contributed by atoms with van der Waals surface area (Å²) in [5, 5.41) is 2.70. The van der Waals surface area contributed by atoms with Crippen molar-refractivity contribution < 1.29 is 27.5 Å². The number of amides is 2. The van der Waals surface area contributed by atoms with Crippen LogP contribution in [0.15, 0.2) is 0 Å². The standard InChI is InChI=1S/C14H21F3N2O3/c1-2-22-13(5-3-4-6-13)12(21)18-10-7-11(20)19(8-10)9-14(15,16)17/h10H,2-9H2,1H3,(H,18,21)/t10-/m1/s1. The van der Waals surface area contributed by atoms with Gasteiger partial charge < -0.3 is 15.0 Å². The first-order chi connectivity index (χ1) is 10.3. The Labute approximate surface area is 127 Å². The van der Waals surface area contributed by atoms with Crippen molar-refractivity contribution in [1.82, 2.24) is 10.2 Å². The molecule has 2 fully saturated rings. The van der Waals surface area contributed by atoms with Crippen LogP contribution in [0.2, 0.25) is 0 Å². The number of nitrogens with one attached hydrogen (secondary N) is 1. The van der Waals surface area contributed by atoms with Gasteiger partial charge in [0.05, 0.1) is 6.04 Å². The van der Waals surface area contributed by atoms with Crippen LogP contribution in [0, 0.1) is 0 Å².